The molecule has 2 nitrogen and oxygen atoms in total. The Morgan fingerprint density at radius 2 is 1.73 bits per heavy atom. The minimum atomic E-state index is 0.0580. The third kappa shape index (κ3) is 2.44. The third-order valence-electron chi connectivity index (χ3n) is 4.77. The Balaban J connectivity index is 1.74. The summed E-state index contributed by atoms with van der Waals surface area (Å²) in [6.07, 6.45) is 4.30. The van der Waals surface area contributed by atoms with E-state index in [0.29, 0.717) is 5.91 Å². The SMILES string of the molecule is O=C([C@H]1CCC(c2ccsc2)=C1c1ccsc1)N1CCCC1. The second-order valence-corrected chi connectivity index (χ2v) is 7.60. The molecule has 0 unspecified atom stereocenters. The first-order valence-corrected chi connectivity index (χ1v) is 9.80. The average molecular weight is 329 g/mol. The van der Waals surface area contributed by atoms with Crippen LogP contribution in [0.15, 0.2) is 33.7 Å². The Morgan fingerprint density at radius 3 is 2.36 bits per heavy atom. The van der Waals surface area contributed by atoms with E-state index >= 15 is 0 Å². The molecule has 1 aliphatic carbocycles. The van der Waals surface area contributed by atoms with Gasteiger partial charge in [0.05, 0.1) is 5.92 Å². The maximum absolute atomic E-state index is 13.0. The van der Waals surface area contributed by atoms with Crippen LogP contribution in [0.25, 0.3) is 11.1 Å². The number of likely N-dealkylation sites (tertiary alicyclic amines) is 1. The van der Waals surface area contributed by atoms with Crippen LogP contribution in [-0.2, 0) is 4.79 Å². The van der Waals surface area contributed by atoms with Crippen LogP contribution in [0.2, 0.25) is 0 Å². The van der Waals surface area contributed by atoms with Gasteiger partial charge in [0.1, 0.15) is 0 Å². The van der Waals surface area contributed by atoms with Gasteiger partial charge < -0.3 is 4.90 Å². The van der Waals surface area contributed by atoms with Gasteiger partial charge in [-0.2, -0.15) is 22.7 Å². The quantitative estimate of drug-likeness (QED) is 0.795. The fourth-order valence-electron chi connectivity index (χ4n) is 3.71. The highest BCUT2D eigenvalue weighted by Gasteiger charge is 2.35. The highest BCUT2D eigenvalue weighted by molar-refractivity contribution is 7.08. The molecular formula is C18H19NOS2. The molecule has 0 aromatic carbocycles. The highest BCUT2D eigenvalue weighted by atomic mass is 32.1. The molecule has 4 heteroatoms. The molecular weight excluding hydrogens is 310 g/mol. The van der Waals surface area contributed by atoms with Gasteiger partial charge >= 0.3 is 0 Å². The predicted molar refractivity (Wildman–Crippen MR) is 94.0 cm³/mol. The van der Waals surface area contributed by atoms with Gasteiger partial charge in [-0.1, -0.05) is 0 Å². The summed E-state index contributed by atoms with van der Waals surface area (Å²) in [6.45, 7) is 1.89. The Hall–Kier alpha value is -1.39. The number of thiophene rings is 2. The van der Waals surface area contributed by atoms with Crippen LogP contribution in [-0.4, -0.2) is 23.9 Å². The number of carbonyl (C=O) groups excluding carboxylic acids is 1. The lowest BCUT2D eigenvalue weighted by Gasteiger charge is -2.22. The van der Waals surface area contributed by atoms with Gasteiger partial charge in [-0.15, -0.1) is 0 Å². The van der Waals surface area contributed by atoms with E-state index in [4.69, 9.17) is 0 Å². The summed E-state index contributed by atoms with van der Waals surface area (Å²) in [5.41, 5.74) is 5.23. The van der Waals surface area contributed by atoms with Crippen LogP contribution >= 0.6 is 22.7 Å². The molecule has 114 valence electrons. The smallest absolute Gasteiger partial charge is 0.230 e. The number of allylic oxidation sites excluding steroid dienone is 1. The second-order valence-electron chi connectivity index (χ2n) is 6.04. The summed E-state index contributed by atoms with van der Waals surface area (Å²) in [5, 5.41) is 8.65. The number of amides is 1. The Kier molecular flexibility index (Phi) is 3.89. The fourth-order valence-corrected chi connectivity index (χ4v) is 5.04. The molecule has 1 amide bonds. The summed E-state index contributed by atoms with van der Waals surface area (Å²) in [7, 11) is 0. The topological polar surface area (TPSA) is 20.3 Å². The minimum Gasteiger partial charge on any atom is -0.342 e. The maximum atomic E-state index is 13.0. The van der Waals surface area contributed by atoms with E-state index < -0.39 is 0 Å². The molecule has 4 rings (SSSR count). The molecule has 22 heavy (non-hydrogen) atoms. The molecule has 0 bridgehead atoms. The zero-order chi connectivity index (χ0) is 14.9. The Morgan fingerprint density at radius 1 is 1.05 bits per heavy atom. The monoisotopic (exact) mass is 329 g/mol. The van der Waals surface area contributed by atoms with Gasteiger partial charge in [-0.3, -0.25) is 4.79 Å². The van der Waals surface area contributed by atoms with Crippen molar-refractivity contribution in [1.82, 2.24) is 4.90 Å². The zero-order valence-electron chi connectivity index (χ0n) is 12.5. The predicted octanol–water partition coefficient (Wildman–Crippen LogP) is 4.75. The van der Waals surface area contributed by atoms with Crippen LogP contribution in [0.5, 0.6) is 0 Å². The number of nitrogens with zero attached hydrogens (tertiary/aromatic N) is 1. The molecule has 3 heterocycles. The Bertz CT molecular complexity index is 679. The number of carbonyl (C=O) groups is 1. The van der Waals surface area contributed by atoms with Gasteiger partial charge in [-0.05, 0) is 81.6 Å². The first-order chi connectivity index (χ1) is 10.8. The van der Waals surface area contributed by atoms with E-state index in [2.05, 4.69) is 38.6 Å². The van der Waals surface area contributed by atoms with Crippen molar-refractivity contribution in [2.75, 3.05) is 13.1 Å². The van der Waals surface area contributed by atoms with E-state index in [1.807, 2.05) is 0 Å². The molecule has 1 atom stereocenters. The molecule has 2 aliphatic rings. The summed E-state index contributed by atoms with van der Waals surface area (Å²) in [5.74, 6) is 0.409. The first kappa shape index (κ1) is 14.2. The van der Waals surface area contributed by atoms with Crippen LogP contribution in [0.3, 0.4) is 0 Å². The number of rotatable bonds is 3. The van der Waals surface area contributed by atoms with Crippen LogP contribution < -0.4 is 0 Å². The second kappa shape index (κ2) is 6.01. The third-order valence-corrected chi connectivity index (χ3v) is 6.14. The van der Waals surface area contributed by atoms with Crippen LogP contribution in [0.1, 0.15) is 36.8 Å². The lowest BCUT2D eigenvalue weighted by atomic mass is 9.93. The van der Waals surface area contributed by atoms with Gasteiger partial charge in [0, 0.05) is 13.1 Å². The summed E-state index contributed by atoms with van der Waals surface area (Å²) in [6, 6.07) is 4.36. The van der Waals surface area contributed by atoms with E-state index in [1.165, 1.54) is 22.3 Å². The normalized spacial score (nSPS) is 21.8. The lowest BCUT2D eigenvalue weighted by molar-refractivity contribution is -0.132. The van der Waals surface area contributed by atoms with Crippen molar-refractivity contribution in [1.29, 1.82) is 0 Å². The standard InChI is InChI=1S/C18H19NOS2/c20-18(19-7-1-2-8-19)16-4-3-15(13-5-9-21-11-13)17(16)14-6-10-22-12-14/h5-6,9-12,16H,1-4,7-8H2/t16-/m0/s1. The van der Waals surface area contributed by atoms with Crippen molar-refractivity contribution in [3.63, 3.8) is 0 Å². The molecule has 0 radical (unpaired) electrons. The van der Waals surface area contributed by atoms with Gasteiger partial charge in [0.25, 0.3) is 0 Å². The minimum absolute atomic E-state index is 0.0580. The molecule has 1 aliphatic heterocycles. The van der Waals surface area contributed by atoms with Gasteiger partial charge in [0.2, 0.25) is 5.91 Å². The van der Waals surface area contributed by atoms with Crippen molar-refractivity contribution in [3.8, 4) is 0 Å². The van der Waals surface area contributed by atoms with Crippen molar-refractivity contribution >= 4 is 39.7 Å². The lowest BCUT2D eigenvalue weighted by Crippen LogP contribution is -2.33. The number of hydrogen-bond acceptors (Lipinski definition) is 3. The van der Waals surface area contributed by atoms with Crippen LogP contribution in [0.4, 0.5) is 0 Å². The summed E-state index contributed by atoms with van der Waals surface area (Å²) >= 11 is 3.45. The molecule has 0 spiro atoms. The van der Waals surface area contributed by atoms with Crippen molar-refractivity contribution in [3.05, 3.63) is 44.8 Å². The molecule has 2 aromatic rings. The highest BCUT2D eigenvalue weighted by Crippen LogP contribution is 2.45. The molecule has 1 saturated heterocycles. The van der Waals surface area contributed by atoms with E-state index in [1.54, 1.807) is 22.7 Å². The molecule has 0 saturated carbocycles. The fraction of sp³-hybridized carbons (Fsp3) is 0.389. The molecule has 2 aromatic heterocycles. The van der Waals surface area contributed by atoms with E-state index in [-0.39, 0.29) is 5.92 Å². The number of hydrogen-bond donors (Lipinski definition) is 0. The van der Waals surface area contributed by atoms with Crippen molar-refractivity contribution in [2.24, 2.45) is 5.92 Å². The first-order valence-electron chi connectivity index (χ1n) is 7.91. The zero-order valence-corrected chi connectivity index (χ0v) is 14.1. The summed E-state index contributed by atoms with van der Waals surface area (Å²) in [4.78, 5) is 15.0. The van der Waals surface area contributed by atoms with Crippen molar-refractivity contribution in [2.45, 2.75) is 25.7 Å². The molecule has 1 fully saturated rings. The largest absolute Gasteiger partial charge is 0.342 e. The van der Waals surface area contributed by atoms with Crippen LogP contribution in [0, 0.1) is 5.92 Å². The Labute approximate surface area is 139 Å². The average Bonchev–Trinajstić information content (AvgIpc) is 3.35. The summed E-state index contributed by atoms with van der Waals surface area (Å²) < 4.78 is 0. The van der Waals surface area contributed by atoms with Gasteiger partial charge in [-0.25, -0.2) is 0 Å². The molecule has 0 N–H and O–H groups in total. The van der Waals surface area contributed by atoms with E-state index in [9.17, 15) is 4.79 Å². The van der Waals surface area contributed by atoms with Crippen molar-refractivity contribution < 1.29 is 4.79 Å². The van der Waals surface area contributed by atoms with Gasteiger partial charge in [0.15, 0.2) is 0 Å². The maximum Gasteiger partial charge on any atom is 0.230 e. The van der Waals surface area contributed by atoms with E-state index in [0.717, 1.165) is 38.8 Å².